The van der Waals surface area contributed by atoms with Crippen molar-refractivity contribution in [2.45, 2.75) is 63.7 Å². The number of nitrogens with zero attached hydrogens (tertiary/aromatic N) is 4. The molecule has 4 amide bonds. The van der Waals surface area contributed by atoms with Crippen LogP contribution in [-0.4, -0.2) is 95.6 Å². The van der Waals surface area contributed by atoms with Gasteiger partial charge in [0.25, 0.3) is 0 Å². The van der Waals surface area contributed by atoms with Crippen LogP contribution >= 0.6 is 11.8 Å². The smallest absolute Gasteiger partial charge is 0.339 e. The molecule has 2 aliphatic heterocycles. The van der Waals surface area contributed by atoms with Crippen LogP contribution in [0.15, 0.2) is 82.6 Å². The van der Waals surface area contributed by atoms with Crippen molar-refractivity contribution in [3.05, 3.63) is 117 Å². The highest BCUT2D eigenvalue weighted by Crippen LogP contribution is 2.51. The van der Waals surface area contributed by atoms with E-state index in [9.17, 15) is 19.2 Å². The van der Waals surface area contributed by atoms with Crippen LogP contribution in [0.2, 0.25) is 0 Å². The van der Waals surface area contributed by atoms with Gasteiger partial charge in [-0.2, -0.15) is 26.3 Å². The minimum Gasteiger partial charge on any atom is -0.339 e. The van der Waals surface area contributed by atoms with Crippen molar-refractivity contribution in [1.29, 1.82) is 0 Å². The molecule has 6 rings (SSSR count). The normalized spacial score (nSPS) is 15.2. The molecule has 0 bridgehead atoms. The van der Waals surface area contributed by atoms with E-state index in [0.717, 1.165) is 12.1 Å². The number of rotatable bonds is 8. The lowest BCUT2D eigenvalue weighted by Gasteiger charge is -2.33. The van der Waals surface area contributed by atoms with Gasteiger partial charge in [-0.3, -0.25) is 19.2 Å². The monoisotopic (exact) mass is 890 g/mol. The third-order valence-electron chi connectivity index (χ3n) is 11.1. The lowest BCUT2D eigenvalue weighted by Crippen LogP contribution is -2.49. The summed E-state index contributed by atoms with van der Waals surface area (Å²) in [5.41, 5.74) is 0.113. The number of carbonyl (C=O) groups excluding carboxylic acids is 4. The molecule has 0 unspecified atom stereocenters. The first-order valence-electron chi connectivity index (χ1n) is 20.4. The van der Waals surface area contributed by atoms with E-state index in [1.165, 1.54) is 60.1 Å². The summed E-state index contributed by atoms with van der Waals surface area (Å²) in [6.07, 6.45) is -5.19. The Morgan fingerprint density at radius 3 is 1.08 bits per heavy atom. The third kappa shape index (κ3) is 11.0. The molecule has 4 aromatic rings. The number of piperazine rings is 2. The zero-order valence-electron chi connectivity index (χ0n) is 35.8. The lowest BCUT2D eigenvalue weighted by atomic mass is 9.91. The van der Waals surface area contributed by atoms with Crippen LogP contribution in [0, 0.1) is 27.7 Å². The predicted octanol–water partition coefficient (Wildman–Crippen LogP) is 9.85. The molecule has 0 aromatic heterocycles. The first kappa shape index (κ1) is 46.7. The number of hydrogen-bond acceptors (Lipinski definition) is 5. The Labute approximate surface area is 367 Å². The van der Waals surface area contributed by atoms with Gasteiger partial charge in [-0.05, 0) is 74.2 Å². The SMILES string of the molecule is CC(=O)N1CCN(C(=O)/C=C/c2ccc(Sc3ccc(/C=C/C(=O)N4CCN(C(C)=O)CC4)c(-c4cc(C)cc(C)c4)c3C(F)(F)F)c(C(F)(F)F)c2-c2cc(C)cc(C)c2)CC1. The van der Waals surface area contributed by atoms with Crippen LogP contribution in [0.1, 0.15) is 58.4 Å². The Kier molecular flexibility index (Phi) is 14.0. The van der Waals surface area contributed by atoms with Gasteiger partial charge in [-0.1, -0.05) is 82.5 Å². The molecule has 0 saturated carbocycles. The molecule has 2 heterocycles. The Hall–Kier alpha value is -5.83. The lowest BCUT2D eigenvalue weighted by molar-refractivity contribution is -0.139. The Morgan fingerprint density at radius 2 is 0.794 bits per heavy atom. The van der Waals surface area contributed by atoms with Crippen molar-refractivity contribution in [2.24, 2.45) is 0 Å². The van der Waals surface area contributed by atoms with Gasteiger partial charge in [-0.15, -0.1) is 0 Å². The van der Waals surface area contributed by atoms with E-state index in [-0.39, 0.29) is 71.4 Å². The minimum atomic E-state index is -5.07. The minimum absolute atomic E-state index is 0.0345. The van der Waals surface area contributed by atoms with Gasteiger partial charge < -0.3 is 19.6 Å². The van der Waals surface area contributed by atoms with Gasteiger partial charge >= 0.3 is 12.4 Å². The Bertz CT molecular complexity index is 2290. The Morgan fingerprint density at radius 1 is 0.492 bits per heavy atom. The molecule has 2 aliphatic rings. The maximum Gasteiger partial charge on any atom is 0.418 e. The average molecular weight is 891 g/mol. The molecule has 0 N–H and O–H groups in total. The topological polar surface area (TPSA) is 81.2 Å². The summed E-state index contributed by atoms with van der Waals surface area (Å²) in [5.74, 6) is -1.18. The number of amides is 4. The first-order valence-corrected chi connectivity index (χ1v) is 21.2. The number of benzene rings is 4. The summed E-state index contributed by atoms with van der Waals surface area (Å²) < 4.78 is 94.0. The number of aryl methyl sites for hydroxylation is 4. The van der Waals surface area contributed by atoms with Gasteiger partial charge in [-0.25, -0.2) is 0 Å². The molecular formula is C48H48F6N4O4S. The summed E-state index contributed by atoms with van der Waals surface area (Å²) >= 11 is 0.343. The second-order valence-electron chi connectivity index (χ2n) is 16.0. The summed E-state index contributed by atoms with van der Waals surface area (Å²) in [6, 6.07) is 14.9. The molecule has 8 nitrogen and oxygen atoms in total. The fraction of sp³-hybridized carbons (Fsp3) is 0.333. The summed E-state index contributed by atoms with van der Waals surface area (Å²) in [4.78, 5) is 55.4. The van der Waals surface area contributed by atoms with Crippen molar-refractivity contribution in [1.82, 2.24) is 19.6 Å². The van der Waals surface area contributed by atoms with Crippen molar-refractivity contribution in [3.63, 3.8) is 0 Å². The molecule has 4 aromatic carbocycles. The van der Waals surface area contributed by atoms with Crippen LogP contribution < -0.4 is 0 Å². The van der Waals surface area contributed by atoms with Gasteiger partial charge in [0.2, 0.25) is 23.6 Å². The van der Waals surface area contributed by atoms with Gasteiger partial charge in [0.1, 0.15) is 0 Å². The van der Waals surface area contributed by atoms with Crippen LogP contribution in [0.3, 0.4) is 0 Å². The second kappa shape index (κ2) is 18.9. The molecule has 0 radical (unpaired) electrons. The summed E-state index contributed by atoms with van der Waals surface area (Å²) in [6.45, 7) is 12.0. The van der Waals surface area contributed by atoms with Crippen LogP contribution in [0.25, 0.3) is 34.4 Å². The van der Waals surface area contributed by atoms with Crippen molar-refractivity contribution >= 4 is 47.5 Å². The predicted molar refractivity (Wildman–Crippen MR) is 233 cm³/mol. The maximum atomic E-state index is 15.7. The Balaban J connectivity index is 1.49. The fourth-order valence-electron chi connectivity index (χ4n) is 8.21. The summed E-state index contributed by atoms with van der Waals surface area (Å²) in [5, 5.41) is 0. The second-order valence-corrected chi connectivity index (χ2v) is 17.1. The zero-order chi connectivity index (χ0) is 46.0. The average Bonchev–Trinajstić information content (AvgIpc) is 3.20. The highest BCUT2D eigenvalue weighted by atomic mass is 32.2. The van der Waals surface area contributed by atoms with Gasteiger partial charge in [0.05, 0.1) is 11.1 Å². The van der Waals surface area contributed by atoms with Crippen molar-refractivity contribution in [2.75, 3.05) is 52.4 Å². The van der Waals surface area contributed by atoms with E-state index in [1.807, 2.05) is 0 Å². The quantitative estimate of drug-likeness (QED) is 0.130. The number of halogens is 6. The van der Waals surface area contributed by atoms with E-state index in [0.29, 0.717) is 60.2 Å². The van der Waals surface area contributed by atoms with E-state index in [1.54, 1.807) is 73.9 Å². The van der Waals surface area contributed by atoms with Crippen LogP contribution in [-0.2, 0) is 31.5 Å². The zero-order valence-corrected chi connectivity index (χ0v) is 36.7. The molecule has 63 heavy (non-hydrogen) atoms. The molecule has 0 aliphatic carbocycles. The highest BCUT2D eigenvalue weighted by Gasteiger charge is 2.41. The number of carbonyl (C=O) groups is 4. The molecule has 2 saturated heterocycles. The van der Waals surface area contributed by atoms with Crippen LogP contribution in [0.4, 0.5) is 26.3 Å². The standard InChI is InChI=1S/C48H48F6N4O4S/c1-29-23-30(2)26-37(25-29)43-35(9-13-41(61)57-19-15-55(16-20-57)33(5)59)7-11-39(45(43)47(49,50)51)63-40-12-8-36(10-14-42(62)58-21-17-56(18-22-58)34(6)60)44(46(40)48(52,53)54)38-27-31(3)24-32(4)28-38/h7-14,23-28H,15-22H2,1-6H3/b13-9+,14-10+. The molecule has 2 fully saturated rings. The molecule has 15 heteroatoms. The largest absolute Gasteiger partial charge is 0.418 e. The molecular weight excluding hydrogens is 843 g/mol. The first-order chi connectivity index (χ1) is 29.6. The third-order valence-corrected chi connectivity index (χ3v) is 12.2. The fourth-order valence-corrected chi connectivity index (χ4v) is 9.35. The number of hydrogen-bond donors (Lipinski definition) is 0. The van der Waals surface area contributed by atoms with Gasteiger partial charge in [0.15, 0.2) is 0 Å². The van der Waals surface area contributed by atoms with E-state index >= 15 is 26.3 Å². The molecule has 0 spiro atoms. The maximum absolute atomic E-state index is 15.7. The van der Waals surface area contributed by atoms with E-state index < -0.39 is 45.1 Å². The summed E-state index contributed by atoms with van der Waals surface area (Å²) in [7, 11) is 0. The molecule has 332 valence electrons. The highest BCUT2D eigenvalue weighted by molar-refractivity contribution is 7.99. The van der Waals surface area contributed by atoms with E-state index in [2.05, 4.69) is 0 Å². The molecule has 0 atom stereocenters. The van der Waals surface area contributed by atoms with Crippen LogP contribution in [0.5, 0.6) is 0 Å². The number of alkyl halides is 6. The van der Waals surface area contributed by atoms with Crippen molar-refractivity contribution in [3.8, 4) is 22.3 Å². The van der Waals surface area contributed by atoms with Gasteiger partial charge in [0, 0.05) is 99.3 Å². The van der Waals surface area contributed by atoms with Crippen molar-refractivity contribution < 1.29 is 45.5 Å². The van der Waals surface area contributed by atoms with E-state index in [4.69, 9.17) is 0 Å².